The quantitative estimate of drug-likeness (QED) is 0.503. The van der Waals surface area contributed by atoms with Gasteiger partial charge in [-0.2, -0.15) is 4.40 Å². The zero-order valence-electron chi connectivity index (χ0n) is 16.7. The number of fused-ring (bicyclic) bond motifs is 3. The van der Waals surface area contributed by atoms with E-state index in [1.54, 1.807) is 4.90 Å². The molecule has 144 valence electrons. The van der Waals surface area contributed by atoms with E-state index >= 15 is 0 Å². The fraction of sp³-hybridized carbons (Fsp3) is 0.375. The van der Waals surface area contributed by atoms with Crippen LogP contribution >= 0.6 is 0 Å². The van der Waals surface area contributed by atoms with Gasteiger partial charge in [0.05, 0.1) is 26.2 Å². The molecule has 1 fully saturated rings. The summed E-state index contributed by atoms with van der Waals surface area (Å²) in [5, 5.41) is 0. The topological polar surface area (TPSA) is 29.3 Å². The summed E-state index contributed by atoms with van der Waals surface area (Å²) in [7, 11) is 0. The fourth-order valence-corrected chi connectivity index (χ4v) is 4.69. The number of nitrogens with one attached hydrogen (secondary N) is 2. The van der Waals surface area contributed by atoms with Crippen LogP contribution in [-0.2, 0) is 6.54 Å². The standard InChI is InChI=1S/C24H28N4/c1-19-10-12-20(13-11-19)23-18-28-22-9-4-3-8-21(22)25-24(28)27(23)17-7-16-26-14-5-2-6-15-26/h3-4,8-13,18H,2,5-7,14-17H2,1H3/p+2. The SMILES string of the molecule is Cc1ccc(-c2c[n+]3c4ccccc4[nH]c3n2CCC[NH+]2CCCCC2)cc1. The average molecular weight is 375 g/mol. The molecule has 0 aliphatic carbocycles. The number of imidazole rings is 2. The second-order valence-electron chi connectivity index (χ2n) is 8.28. The molecule has 1 aliphatic rings. The van der Waals surface area contributed by atoms with Crippen molar-refractivity contribution < 1.29 is 9.30 Å². The van der Waals surface area contributed by atoms with Crippen LogP contribution in [0.5, 0.6) is 0 Å². The second kappa shape index (κ2) is 7.44. The van der Waals surface area contributed by atoms with E-state index in [0.717, 1.165) is 6.54 Å². The number of H-pyrrole nitrogens is 1. The predicted octanol–water partition coefficient (Wildman–Crippen LogP) is 3.14. The number of benzene rings is 2. The number of aromatic nitrogens is 3. The Balaban J connectivity index is 1.51. The summed E-state index contributed by atoms with van der Waals surface area (Å²) in [5.41, 5.74) is 6.33. The Bertz CT molecular complexity index is 1080. The van der Waals surface area contributed by atoms with Crippen molar-refractivity contribution >= 4 is 16.8 Å². The summed E-state index contributed by atoms with van der Waals surface area (Å²) in [6.07, 6.45) is 7.73. The first kappa shape index (κ1) is 17.5. The second-order valence-corrected chi connectivity index (χ2v) is 8.28. The van der Waals surface area contributed by atoms with Crippen molar-refractivity contribution in [1.29, 1.82) is 0 Å². The third-order valence-corrected chi connectivity index (χ3v) is 6.26. The van der Waals surface area contributed by atoms with E-state index in [-0.39, 0.29) is 0 Å². The molecule has 0 radical (unpaired) electrons. The molecule has 0 bridgehead atoms. The van der Waals surface area contributed by atoms with Crippen molar-refractivity contribution in [3.63, 3.8) is 0 Å². The molecular weight excluding hydrogens is 344 g/mol. The van der Waals surface area contributed by atoms with Gasteiger partial charge in [0, 0.05) is 12.0 Å². The first-order valence-electron chi connectivity index (χ1n) is 10.7. The highest BCUT2D eigenvalue weighted by molar-refractivity contribution is 5.74. The number of aryl methyl sites for hydroxylation is 2. The molecular formula is C24H30N4+2. The summed E-state index contributed by atoms with van der Waals surface area (Å²) in [5.74, 6) is 1.19. The van der Waals surface area contributed by atoms with Gasteiger partial charge < -0.3 is 4.90 Å². The first-order valence-corrected chi connectivity index (χ1v) is 10.7. The van der Waals surface area contributed by atoms with Crippen LogP contribution < -0.4 is 9.30 Å². The molecule has 0 unspecified atom stereocenters. The smallest absolute Gasteiger partial charge is 0.335 e. The van der Waals surface area contributed by atoms with Gasteiger partial charge in [0.2, 0.25) is 0 Å². The van der Waals surface area contributed by atoms with Crippen molar-refractivity contribution in [3.8, 4) is 11.3 Å². The van der Waals surface area contributed by atoms with Crippen molar-refractivity contribution in [2.24, 2.45) is 0 Å². The lowest BCUT2D eigenvalue weighted by Gasteiger charge is -2.23. The Hall–Kier alpha value is -2.59. The molecule has 5 rings (SSSR count). The maximum absolute atomic E-state index is 3.66. The Morgan fingerprint density at radius 2 is 1.79 bits per heavy atom. The van der Waals surface area contributed by atoms with Crippen LogP contribution in [0.25, 0.3) is 28.1 Å². The predicted molar refractivity (Wildman–Crippen MR) is 114 cm³/mol. The fourth-order valence-electron chi connectivity index (χ4n) is 4.69. The summed E-state index contributed by atoms with van der Waals surface area (Å²) in [6, 6.07) is 17.5. The average Bonchev–Trinajstić information content (AvgIpc) is 3.26. The van der Waals surface area contributed by atoms with E-state index in [0.29, 0.717) is 0 Å². The molecule has 0 amide bonds. The number of likely N-dealkylation sites (tertiary alicyclic amines) is 1. The first-order chi connectivity index (χ1) is 13.8. The molecule has 0 saturated carbocycles. The Morgan fingerprint density at radius 1 is 1.00 bits per heavy atom. The number of rotatable bonds is 5. The minimum Gasteiger partial charge on any atom is -0.335 e. The van der Waals surface area contributed by atoms with Crippen LogP contribution in [0, 0.1) is 6.92 Å². The number of hydrogen-bond acceptors (Lipinski definition) is 0. The Kier molecular flexibility index (Phi) is 4.65. The van der Waals surface area contributed by atoms with Gasteiger partial charge in [-0.25, -0.2) is 9.55 Å². The third-order valence-electron chi connectivity index (χ3n) is 6.26. The van der Waals surface area contributed by atoms with Gasteiger partial charge in [0.25, 0.3) is 0 Å². The molecule has 4 nitrogen and oxygen atoms in total. The lowest BCUT2D eigenvalue weighted by atomic mass is 10.1. The molecule has 2 aromatic heterocycles. The van der Waals surface area contributed by atoms with Crippen LogP contribution in [-0.4, -0.2) is 29.2 Å². The van der Waals surface area contributed by atoms with Gasteiger partial charge in [0.1, 0.15) is 22.9 Å². The van der Waals surface area contributed by atoms with Crippen molar-refractivity contribution in [1.82, 2.24) is 9.55 Å². The van der Waals surface area contributed by atoms with E-state index in [9.17, 15) is 0 Å². The van der Waals surface area contributed by atoms with Crippen molar-refractivity contribution in [2.75, 3.05) is 19.6 Å². The number of hydrogen-bond donors (Lipinski definition) is 2. The minimum atomic E-state index is 1.05. The van der Waals surface area contributed by atoms with E-state index in [1.165, 1.54) is 78.9 Å². The molecule has 0 atom stereocenters. The van der Waals surface area contributed by atoms with Crippen LogP contribution in [0.2, 0.25) is 0 Å². The lowest BCUT2D eigenvalue weighted by Crippen LogP contribution is -3.12. The van der Waals surface area contributed by atoms with E-state index in [2.05, 4.69) is 75.6 Å². The van der Waals surface area contributed by atoms with E-state index in [4.69, 9.17) is 0 Å². The van der Waals surface area contributed by atoms with Gasteiger partial charge in [-0.05, 0) is 38.3 Å². The maximum atomic E-state index is 3.66. The minimum absolute atomic E-state index is 1.05. The highest BCUT2D eigenvalue weighted by Crippen LogP contribution is 2.23. The molecule has 1 saturated heterocycles. The number of piperidine rings is 1. The monoisotopic (exact) mass is 374 g/mol. The van der Waals surface area contributed by atoms with Crippen LogP contribution in [0.3, 0.4) is 0 Å². The maximum Gasteiger partial charge on any atom is 0.368 e. The number of aromatic amines is 1. The zero-order valence-corrected chi connectivity index (χ0v) is 16.7. The number of nitrogens with zero attached hydrogens (tertiary/aromatic N) is 2. The Labute approximate surface area is 166 Å². The van der Waals surface area contributed by atoms with Crippen LogP contribution in [0.15, 0.2) is 54.7 Å². The van der Waals surface area contributed by atoms with Gasteiger partial charge in [-0.3, -0.25) is 0 Å². The van der Waals surface area contributed by atoms with Crippen molar-refractivity contribution in [3.05, 3.63) is 60.3 Å². The summed E-state index contributed by atoms with van der Waals surface area (Å²) in [4.78, 5) is 5.44. The normalized spacial score (nSPS) is 15.6. The van der Waals surface area contributed by atoms with Gasteiger partial charge in [0.15, 0.2) is 0 Å². The molecule has 28 heavy (non-hydrogen) atoms. The molecule has 4 heteroatoms. The largest absolute Gasteiger partial charge is 0.368 e. The highest BCUT2D eigenvalue weighted by atomic mass is 15.2. The Morgan fingerprint density at radius 3 is 2.61 bits per heavy atom. The molecule has 2 N–H and O–H groups in total. The van der Waals surface area contributed by atoms with Gasteiger partial charge >= 0.3 is 5.78 Å². The molecule has 1 aliphatic heterocycles. The molecule has 0 spiro atoms. The number of quaternary nitrogens is 1. The summed E-state index contributed by atoms with van der Waals surface area (Å²) >= 11 is 0. The van der Waals surface area contributed by atoms with E-state index < -0.39 is 0 Å². The third kappa shape index (κ3) is 3.22. The zero-order chi connectivity index (χ0) is 18.9. The molecule has 4 aromatic rings. The lowest BCUT2D eigenvalue weighted by molar-refractivity contribution is -0.905. The van der Waals surface area contributed by atoms with Gasteiger partial charge in [-0.15, -0.1) is 0 Å². The van der Waals surface area contributed by atoms with Crippen LogP contribution in [0.4, 0.5) is 0 Å². The van der Waals surface area contributed by atoms with E-state index in [1.807, 2.05) is 0 Å². The highest BCUT2D eigenvalue weighted by Gasteiger charge is 2.22. The molecule has 2 aromatic carbocycles. The molecule has 3 heterocycles. The van der Waals surface area contributed by atoms with Crippen LogP contribution in [0.1, 0.15) is 31.2 Å². The van der Waals surface area contributed by atoms with Crippen molar-refractivity contribution in [2.45, 2.75) is 39.2 Å². The number of para-hydroxylation sites is 2. The van der Waals surface area contributed by atoms with Gasteiger partial charge in [-0.1, -0.05) is 42.0 Å². The summed E-state index contributed by atoms with van der Waals surface area (Å²) in [6.45, 7) is 7.19. The summed E-state index contributed by atoms with van der Waals surface area (Å²) < 4.78 is 4.80.